The average molecular weight is 228 g/mol. The summed E-state index contributed by atoms with van der Waals surface area (Å²) in [4.78, 5) is 11.0. The number of nitrogens with one attached hydrogen (secondary N) is 1. The molecule has 0 spiro atoms. The Morgan fingerprint density at radius 1 is 1.50 bits per heavy atom. The second-order valence-electron chi connectivity index (χ2n) is 1.93. The third-order valence-corrected chi connectivity index (χ3v) is 1.53. The maximum atomic E-state index is 11.0. The van der Waals surface area contributed by atoms with E-state index in [1.165, 1.54) is 12.3 Å². The van der Waals surface area contributed by atoms with E-state index in [0.29, 0.717) is 0 Å². The van der Waals surface area contributed by atoms with Crippen LogP contribution in [0.1, 0.15) is 0 Å². The molecule has 1 heterocycles. The zero-order valence-electron chi connectivity index (χ0n) is 5.68. The number of halogens is 3. The first kappa shape index (κ1) is 9.71. The Bertz CT molecular complexity index is 265. The first-order valence-electron chi connectivity index (χ1n) is 2.92. The number of hydrogen-bond acceptors (Lipinski definition) is 2. The second-order valence-corrected chi connectivity index (χ2v) is 4.21. The van der Waals surface area contributed by atoms with Crippen LogP contribution >= 0.6 is 34.8 Å². The number of carbonyl (C=O) groups excluding carboxylic acids is 1. The number of hydrogen-bond donors (Lipinski definition) is 1. The molecule has 0 saturated carbocycles. The summed E-state index contributed by atoms with van der Waals surface area (Å²) in [7, 11) is 0. The summed E-state index contributed by atoms with van der Waals surface area (Å²) in [6.07, 6.45) is 1.40. The molecule has 0 aliphatic rings. The number of rotatable bonds is 1. The molecule has 0 aromatic carbocycles. The van der Waals surface area contributed by atoms with Crippen LogP contribution in [-0.2, 0) is 4.79 Å². The lowest BCUT2D eigenvalue weighted by Crippen LogP contribution is -2.26. The minimum atomic E-state index is -1.97. The van der Waals surface area contributed by atoms with Gasteiger partial charge in [0, 0.05) is 6.07 Å². The number of anilines is 1. The van der Waals surface area contributed by atoms with Crippen molar-refractivity contribution in [2.45, 2.75) is 3.79 Å². The topological polar surface area (TPSA) is 42.2 Å². The molecule has 0 radical (unpaired) electrons. The summed E-state index contributed by atoms with van der Waals surface area (Å²) >= 11 is 15.8. The minimum absolute atomic E-state index is 0.242. The van der Waals surface area contributed by atoms with Gasteiger partial charge in [-0.3, -0.25) is 10.1 Å². The van der Waals surface area contributed by atoms with E-state index in [4.69, 9.17) is 39.2 Å². The van der Waals surface area contributed by atoms with Crippen molar-refractivity contribution in [1.82, 2.24) is 0 Å². The third-order valence-electron chi connectivity index (χ3n) is 1.02. The second kappa shape index (κ2) is 3.56. The summed E-state index contributed by atoms with van der Waals surface area (Å²) in [5.74, 6) is -0.506. The molecule has 12 heavy (non-hydrogen) atoms. The third kappa shape index (κ3) is 2.59. The standard InChI is InChI=1S/C6H4Cl3NO2/c7-6(8,9)5(11)10-4-2-1-3-12-4/h1-3H,(H,10,11). The van der Waals surface area contributed by atoms with Crippen molar-refractivity contribution in [2.75, 3.05) is 5.32 Å². The Morgan fingerprint density at radius 2 is 2.17 bits per heavy atom. The Labute approximate surface area is 83.6 Å². The number of carbonyl (C=O) groups is 1. The molecule has 0 bridgehead atoms. The maximum Gasteiger partial charge on any atom is 0.278 e. The summed E-state index contributed by atoms with van der Waals surface area (Å²) in [6, 6.07) is 3.14. The fourth-order valence-corrected chi connectivity index (χ4v) is 0.674. The summed E-state index contributed by atoms with van der Waals surface area (Å²) in [5, 5.41) is 2.26. The van der Waals surface area contributed by atoms with Gasteiger partial charge in [-0.05, 0) is 6.07 Å². The van der Waals surface area contributed by atoms with Crippen molar-refractivity contribution in [3.8, 4) is 0 Å². The van der Waals surface area contributed by atoms with Crippen molar-refractivity contribution >= 4 is 46.6 Å². The fraction of sp³-hybridized carbons (Fsp3) is 0.167. The molecular weight excluding hydrogens is 224 g/mol. The highest BCUT2D eigenvalue weighted by Gasteiger charge is 2.30. The normalized spacial score (nSPS) is 11.2. The van der Waals surface area contributed by atoms with Crippen LogP contribution in [0.4, 0.5) is 5.88 Å². The molecule has 0 saturated heterocycles. The van der Waals surface area contributed by atoms with Gasteiger partial charge in [-0.25, -0.2) is 0 Å². The highest BCUT2D eigenvalue weighted by atomic mass is 35.6. The SMILES string of the molecule is O=C(Nc1ccco1)C(Cl)(Cl)Cl. The summed E-state index contributed by atoms with van der Waals surface area (Å²) < 4.78 is 2.83. The van der Waals surface area contributed by atoms with Crippen LogP contribution in [0.25, 0.3) is 0 Å². The van der Waals surface area contributed by atoms with Crippen molar-refractivity contribution in [1.29, 1.82) is 0 Å². The summed E-state index contributed by atoms with van der Waals surface area (Å²) in [6.45, 7) is 0. The minimum Gasteiger partial charge on any atom is -0.449 e. The summed E-state index contributed by atoms with van der Waals surface area (Å²) in [5.41, 5.74) is 0. The molecule has 1 amide bonds. The first-order chi connectivity index (χ1) is 5.50. The van der Waals surface area contributed by atoms with Gasteiger partial charge in [0.05, 0.1) is 6.26 Å². The first-order valence-corrected chi connectivity index (χ1v) is 4.05. The number of furan rings is 1. The van der Waals surface area contributed by atoms with E-state index in [2.05, 4.69) is 5.32 Å². The monoisotopic (exact) mass is 227 g/mol. The molecule has 1 aromatic heterocycles. The van der Waals surface area contributed by atoms with Crippen LogP contribution in [0, 0.1) is 0 Å². The molecule has 1 aromatic rings. The lowest BCUT2D eigenvalue weighted by atomic mass is 10.6. The average Bonchev–Trinajstić information content (AvgIpc) is 2.37. The van der Waals surface area contributed by atoms with E-state index in [-0.39, 0.29) is 5.88 Å². The van der Waals surface area contributed by atoms with Crippen molar-refractivity contribution in [3.05, 3.63) is 18.4 Å². The van der Waals surface area contributed by atoms with Gasteiger partial charge in [0.2, 0.25) is 0 Å². The van der Waals surface area contributed by atoms with Crippen molar-refractivity contribution < 1.29 is 9.21 Å². The fourth-order valence-electron chi connectivity index (χ4n) is 0.532. The highest BCUT2D eigenvalue weighted by molar-refractivity contribution is 6.76. The van der Waals surface area contributed by atoms with E-state index in [0.717, 1.165) is 0 Å². The van der Waals surface area contributed by atoms with E-state index < -0.39 is 9.70 Å². The van der Waals surface area contributed by atoms with Gasteiger partial charge >= 0.3 is 0 Å². The molecule has 0 unspecified atom stereocenters. The van der Waals surface area contributed by atoms with Crippen LogP contribution in [0.2, 0.25) is 0 Å². The van der Waals surface area contributed by atoms with Crippen LogP contribution < -0.4 is 5.32 Å². The zero-order chi connectivity index (χ0) is 9.19. The van der Waals surface area contributed by atoms with Gasteiger partial charge in [-0.15, -0.1) is 0 Å². The van der Waals surface area contributed by atoms with Crippen LogP contribution in [-0.4, -0.2) is 9.70 Å². The molecule has 0 aliphatic carbocycles. The predicted molar refractivity (Wildman–Crippen MR) is 47.6 cm³/mol. The maximum absolute atomic E-state index is 11.0. The molecule has 0 aliphatic heterocycles. The molecule has 3 nitrogen and oxygen atoms in total. The van der Waals surface area contributed by atoms with Crippen molar-refractivity contribution in [2.24, 2.45) is 0 Å². The largest absolute Gasteiger partial charge is 0.449 e. The molecule has 0 atom stereocenters. The molecule has 0 fully saturated rings. The van der Waals surface area contributed by atoms with Crippen LogP contribution in [0.3, 0.4) is 0 Å². The van der Waals surface area contributed by atoms with Gasteiger partial charge in [0.25, 0.3) is 9.70 Å². The lowest BCUT2D eigenvalue weighted by Gasteiger charge is -2.08. The lowest BCUT2D eigenvalue weighted by molar-refractivity contribution is -0.115. The Morgan fingerprint density at radius 3 is 2.58 bits per heavy atom. The van der Waals surface area contributed by atoms with E-state index >= 15 is 0 Å². The molecule has 6 heteroatoms. The van der Waals surface area contributed by atoms with Gasteiger partial charge in [-0.1, -0.05) is 34.8 Å². The number of amides is 1. The van der Waals surface area contributed by atoms with E-state index in [1.54, 1.807) is 6.07 Å². The van der Waals surface area contributed by atoms with Crippen LogP contribution in [0.15, 0.2) is 22.8 Å². The van der Waals surface area contributed by atoms with Gasteiger partial charge < -0.3 is 4.42 Å². The van der Waals surface area contributed by atoms with Gasteiger partial charge in [-0.2, -0.15) is 0 Å². The molecule has 1 N–H and O–H groups in total. The van der Waals surface area contributed by atoms with Gasteiger partial charge in [0.15, 0.2) is 5.88 Å². The Kier molecular flexibility index (Phi) is 2.88. The molecule has 1 rings (SSSR count). The van der Waals surface area contributed by atoms with Gasteiger partial charge in [0.1, 0.15) is 0 Å². The number of alkyl halides is 3. The smallest absolute Gasteiger partial charge is 0.278 e. The Hall–Kier alpha value is -0.380. The van der Waals surface area contributed by atoms with Crippen LogP contribution in [0.5, 0.6) is 0 Å². The quantitative estimate of drug-likeness (QED) is 0.751. The molecule has 66 valence electrons. The molecular formula is C6H4Cl3NO2. The zero-order valence-corrected chi connectivity index (χ0v) is 7.95. The van der Waals surface area contributed by atoms with E-state index in [1.807, 2.05) is 0 Å². The highest BCUT2D eigenvalue weighted by Crippen LogP contribution is 2.27. The van der Waals surface area contributed by atoms with E-state index in [9.17, 15) is 4.79 Å². The predicted octanol–water partition coefficient (Wildman–Crippen LogP) is 2.59. The Balaban J connectivity index is 2.60. The van der Waals surface area contributed by atoms with Crippen molar-refractivity contribution in [3.63, 3.8) is 0 Å².